The molecule has 0 radical (unpaired) electrons. The smallest absolute Gasteiger partial charge is 0.131 e. The molecule has 5 heteroatoms. The number of hydrogen-bond donors (Lipinski definition) is 2. The van der Waals surface area contributed by atoms with E-state index < -0.39 is 0 Å². The van der Waals surface area contributed by atoms with Crippen LogP contribution in [-0.2, 0) is 0 Å². The van der Waals surface area contributed by atoms with Crippen molar-refractivity contribution in [3.8, 4) is 0 Å². The van der Waals surface area contributed by atoms with Gasteiger partial charge in [0.05, 0.1) is 6.61 Å². The van der Waals surface area contributed by atoms with Gasteiger partial charge in [-0.3, -0.25) is 0 Å². The third kappa shape index (κ3) is 2.59. The largest absolute Gasteiger partial charge is 0.395 e. The van der Waals surface area contributed by atoms with Gasteiger partial charge in [0.2, 0.25) is 0 Å². The Morgan fingerprint density at radius 1 is 1.43 bits per heavy atom. The number of rotatable bonds is 3. The molecule has 1 aromatic heterocycles. The Hall–Kier alpha value is -0.810. The summed E-state index contributed by atoms with van der Waals surface area (Å²) in [6.07, 6.45) is 0. The lowest BCUT2D eigenvalue weighted by atomic mass is 10.3. The van der Waals surface area contributed by atoms with Crippen LogP contribution in [0.25, 0.3) is 0 Å². The second kappa shape index (κ2) is 4.61. The van der Waals surface area contributed by atoms with Gasteiger partial charge in [-0.2, -0.15) is 0 Å². The summed E-state index contributed by atoms with van der Waals surface area (Å²) in [5.41, 5.74) is 6.60. The molecule has 1 aromatic rings. The van der Waals surface area contributed by atoms with E-state index in [9.17, 15) is 0 Å². The summed E-state index contributed by atoms with van der Waals surface area (Å²) in [6.45, 7) is 5.77. The van der Waals surface area contributed by atoms with E-state index >= 15 is 0 Å². The third-order valence-corrected chi connectivity index (χ3v) is 2.99. The van der Waals surface area contributed by atoms with Crippen molar-refractivity contribution in [2.45, 2.75) is 31.0 Å². The predicted octanol–water partition coefficient (Wildman–Crippen LogP) is 1.15. The van der Waals surface area contributed by atoms with Crippen molar-refractivity contribution in [2.75, 3.05) is 12.3 Å². The van der Waals surface area contributed by atoms with Gasteiger partial charge < -0.3 is 10.8 Å². The van der Waals surface area contributed by atoms with E-state index in [1.54, 1.807) is 0 Å². The van der Waals surface area contributed by atoms with Crippen LogP contribution in [-0.4, -0.2) is 26.9 Å². The van der Waals surface area contributed by atoms with Gasteiger partial charge in [-0.05, 0) is 13.8 Å². The lowest BCUT2D eigenvalue weighted by molar-refractivity contribution is 0.300. The molecule has 0 aliphatic heterocycles. The summed E-state index contributed by atoms with van der Waals surface area (Å²) in [7, 11) is 0. The van der Waals surface area contributed by atoms with Crippen LogP contribution in [0, 0.1) is 13.8 Å². The fourth-order valence-electron chi connectivity index (χ4n) is 0.966. The fourth-order valence-corrected chi connectivity index (χ4v) is 1.89. The highest BCUT2D eigenvalue weighted by Crippen LogP contribution is 2.26. The number of anilines is 1. The number of nitrogen functional groups attached to an aromatic ring is 1. The van der Waals surface area contributed by atoms with E-state index in [2.05, 4.69) is 9.97 Å². The summed E-state index contributed by atoms with van der Waals surface area (Å²) >= 11 is 1.52. The highest BCUT2D eigenvalue weighted by molar-refractivity contribution is 7.99. The van der Waals surface area contributed by atoms with Crippen molar-refractivity contribution in [3.63, 3.8) is 0 Å². The minimum absolute atomic E-state index is 0.127. The number of aromatic nitrogens is 2. The predicted molar refractivity (Wildman–Crippen MR) is 58.3 cm³/mol. The number of aliphatic hydroxyl groups excluding tert-OH is 1. The van der Waals surface area contributed by atoms with E-state index in [-0.39, 0.29) is 11.9 Å². The summed E-state index contributed by atoms with van der Waals surface area (Å²) in [4.78, 5) is 8.34. The Kier molecular flexibility index (Phi) is 3.71. The second-order valence-corrected chi connectivity index (χ2v) is 4.62. The van der Waals surface area contributed by atoms with Crippen LogP contribution in [0.2, 0.25) is 0 Å². The van der Waals surface area contributed by atoms with Crippen molar-refractivity contribution >= 4 is 17.6 Å². The SMILES string of the molecule is Cc1nc(N)c(C)c(SC(C)CO)n1. The van der Waals surface area contributed by atoms with E-state index in [1.165, 1.54) is 11.8 Å². The Bertz CT molecular complexity index is 330. The highest BCUT2D eigenvalue weighted by atomic mass is 32.2. The standard InChI is InChI=1S/C9H15N3OS/c1-5(4-13)14-9-6(2)8(10)11-7(3)12-9/h5,13H,4H2,1-3H3,(H2,10,11,12). The van der Waals surface area contributed by atoms with Crippen molar-refractivity contribution in [1.82, 2.24) is 9.97 Å². The average Bonchev–Trinajstić information content (AvgIpc) is 2.13. The molecule has 1 atom stereocenters. The molecular weight excluding hydrogens is 198 g/mol. The molecular formula is C9H15N3OS. The second-order valence-electron chi connectivity index (χ2n) is 3.20. The molecule has 0 saturated carbocycles. The topological polar surface area (TPSA) is 72.0 Å². The number of aliphatic hydroxyl groups is 1. The van der Waals surface area contributed by atoms with Crippen molar-refractivity contribution in [1.29, 1.82) is 0 Å². The van der Waals surface area contributed by atoms with Gasteiger partial charge >= 0.3 is 0 Å². The average molecular weight is 213 g/mol. The van der Waals surface area contributed by atoms with Crippen LogP contribution in [0.1, 0.15) is 18.3 Å². The van der Waals surface area contributed by atoms with Crippen molar-refractivity contribution in [3.05, 3.63) is 11.4 Å². The van der Waals surface area contributed by atoms with Crippen LogP contribution in [0.15, 0.2) is 5.03 Å². The van der Waals surface area contributed by atoms with Gasteiger partial charge in [-0.1, -0.05) is 6.92 Å². The lowest BCUT2D eigenvalue weighted by Gasteiger charge is -2.10. The number of nitrogens with two attached hydrogens (primary N) is 1. The molecule has 0 aromatic carbocycles. The molecule has 1 rings (SSSR count). The quantitative estimate of drug-likeness (QED) is 0.582. The minimum atomic E-state index is 0.127. The Balaban J connectivity index is 2.96. The summed E-state index contributed by atoms with van der Waals surface area (Å²) in [5, 5.41) is 9.92. The maximum atomic E-state index is 8.93. The summed E-state index contributed by atoms with van der Waals surface area (Å²) in [6, 6.07) is 0. The maximum Gasteiger partial charge on any atom is 0.131 e. The molecule has 1 unspecified atom stereocenters. The molecule has 1 heterocycles. The Morgan fingerprint density at radius 3 is 2.64 bits per heavy atom. The molecule has 0 fully saturated rings. The molecule has 78 valence electrons. The molecule has 0 aliphatic carbocycles. The van der Waals surface area contributed by atoms with Gasteiger partial charge in [0.1, 0.15) is 16.7 Å². The molecule has 0 amide bonds. The van der Waals surface area contributed by atoms with Gasteiger partial charge in [0, 0.05) is 10.8 Å². The van der Waals surface area contributed by atoms with Crippen LogP contribution in [0.3, 0.4) is 0 Å². The van der Waals surface area contributed by atoms with Gasteiger partial charge in [-0.25, -0.2) is 9.97 Å². The summed E-state index contributed by atoms with van der Waals surface area (Å²) < 4.78 is 0. The zero-order valence-corrected chi connectivity index (χ0v) is 9.43. The molecule has 14 heavy (non-hydrogen) atoms. The van der Waals surface area contributed by atoms with Crippen molar-refractivity contribution in [2.24, 2.45) is 0 Å². The minimum Gasteiger partial charge on any atom is -0.395 e. The van der Waals surface area contributed by atoms with Gasteiger partial charge in [0.15, 0.2) is 0 Å². The first kappa shape index (κ1) is 11.3. The van der Waals surface area contributed by atoms with E-state index in [0.717, 1.165) is 10.6 Å². The maximum absolute atomic E-state index is 8.93. The molecule has 0 spiro atoms. The third-order valence-electron chi connectivity index (χ3n) is 1.82. The Morgan fingerprint density at radius 2 is 2.07 bits per heavy atom. The van der Waals surface area contributed by atoms with Gasteiger partial charge in [0.25, 0.3) is 0 Å². The van der Waals surface area contributed by atoms with Gasteiger partial charge in [-0.15, -0.1) is 11.8 Å². The summed E-state index contributed by atoms with van der Waals surface area (Å²) in [5.74, 6) is 1.19. The van der Waals surface area contributed by atoms with E-state index in [1.807, 2.05) is 20.8 Å². The molecule has 0 saturated heterocycles. The Labute approximate surface area is 88.0 Å². The van der Waals surface area contributed by atoms with Crippen LogP contribution in [0.5, 0.6) is 0 Å². The molecule has 0 aliphatic rings. The van der Waals surface area contributed by atoms with Crippen LogP contribution in [0.4, 0.5) is 5.82 Å². The number of nitrogens with zero attached hydrogens (tertiary/aromatic N) is 2. The monoisotopic (exact) mass is 213 g/mol. The fraction of sp³-hybridized carbons (Fsp3) is 0.556. The van der Waals surface area contributed by atoms with Crippen molar-refractivity contribution < 1.29 is 5.11 Å². The first-order chi connectivity index (χ1) is 6.54. The zero-order chi connectivity index (χ0) is 10.7. The van der Waals surface area contributed by atoms with E-state index in [4.69, 9.17) is 10.8 Å². The molecule has 0 bridgehead atoms. The van der Waals surface area contributed by atoms with Crippen LogP contribution >= 0.6 is 11.8 Å². The highest BCUT2D eigenvalue weighted by Gasteiger charge is 2.10. The van der Waals surface area contributed by atoms with Crippen LogP contribution < -0.4 is 5.73 Å². The first-order valence-electron chi connectivity index (χ1n) is 4.42. The van der Waals surface area contributed by atoms with E-state index in [0.29, 0.717) is 11.6 Å². The number of hydrogen-bond acceptors (Lipinski definition) is 5. The number of aryl methyl sites for hydroxylation is 1. The molecule has 4 nitrogen and oxygen atoms in total. The zero-order valence-electron chi connectivity index (χ0n) is 8.61. The number of thioether (sulfide) groups is 1. The normalized spacial score (nSPS) is 12.9. The first-order valence-corrected chi connectivity index (χ1v) is 5.30. The molecule has 3 N–H and O–H groups in total. The lowest BCUT2D eigenvalue weighted by Crippen LogP contribution is -2.06.